The van der Waals surface area contributed by atoms with Crippen LogP contribution in [-0.4, -0.2) is 70.1 Å². The van der Waals surface area contributed by atoms with E-state index in [1.54, 1.807) is 17.9 Å². The summed E-state index contributed by atoms with van der Waals surface area (Å²) >= 11 is 0. The fraction of sp³-hybridized carbons (Fsp3) is 0.529. The minimum Gasteiger partial charge on any atom is -0.386 e. The van der Waals surface area contributed by atoms with Crippen molar-refractivity contribution in [2.24, 2.45) is 7.05 Å². The van der Waals surface area contributed by atoms with Gasteiger partial charge in [-0.25, -0.2) is 9.97 Å². The number of aryl methyl sites for hydroxylation is 1. The number of anilines is 2. The Bertz CT molecular complexity index is 776. The molecule has 2 N–H and O–H groups in total. The summed E-state index contributed by atoms with van der Waals surface area (Å²) < 4.78 is 1.57. The zero-order valence-electron chi connectivity index (χ0n) is 15.4. The first-order valence-electron chi connectivity index (χ1n) is 8.60. The van der Waals surface area contributed by atoms with Crippen LogP contribution >= 0.6 is 0 Å². The zero-order chi connectivity index (χ0) is 18.7. The number of aromatic nitrogens is 4. The molecule has 2 aromatic heterocycles. The number of hydrogen-bond donors (Lipinski definition) is 2. The first kappa shape index (κ1) is 18.1. The van der Waals surface area contributed by atoms with E-state index in [0.717, 1.165) is 24.6 Å². The second-order valence-electron chi connectivity index (χ2n) is 6.96. The number of amides is 1. The Hall–Kier alpha value is -2.68. The molecule has 3 rings (SSSR count). The Kier molecular flexibility index (Phi) is 5.08. The highest BCUT2D eigenvalue weighted by Gasteiger charge is 2.34. The van der Waals surface area contributed by atoms with Crippen molar-refractivity contribution in [3.63, 3.8) is 0 Å². The van der Waals surface area contributed by atoms with Crippen LogP contribution in [0.25, 0.3) is 0 Å². The number of nitrogens with zero attached hydrogens (tertiary/aromatic N) is 6. The molecule has 1 aliphatic heterocycles. The van der Waals surface area contributed by atoms with Crippen molar-refractivity contribution < 1.29 is 9.90 Å². The minimum absolute atomic E-state index is 0.183. The molecule has 1 unspecified atom stereocenters. The summed E-state index contributed by atoms with van der Waals surface area (Å²) in [5, 5.41) is 17.8. The van der Waals surface area contributed by atoms with E-state index in [1.807, 2.05) is 30.0 Å². The summed E-state index contributed by atoms with van der Waals surface area (Å²) in [6.07, 6.45) is 6.14. The van der Waals surface area contributed by atoms with Gasteiger partial charge in [0.2, 0.25) is 0 Å². The Morgan fingerprint density at radius 3 is 2.92 bits per heavy atom. The highest BCUT2D eigenvalue weighted by Crippen LogP contribution is 2.25. The van der Waals surface area contributed by atoms with E-state index < -0.39 is 5.60 Å². The normalized spacial score (nSPS) is 20.1. The molecule has 3 heterocycles. The van der Waals surface area contributed by atoms with Crippen LogP contribution in [0, 0.1) is 0 Å². The lowest BCUT2D eigenvalue weighted by atomic mass is 9.92. The van der Waals surface area contributed by atoms with Crippen molar-refractivity contribution in [2.45, 2.75) is 18.4 Å². The monoisotopic (exact) mass is 359 g/mol. The molecule has 0 radical (unpaired) electrons. The molecule has 0 aromatic carbocycles. The smallest absolute Gasteiger partial charge is 0.254 e. The number of carbonyl (C=O) groups excluding carboxylic acids is 1. The third-order valence-corrected chi connectivity index (χ3v) is 4.52. The van der Waals surface area contributed by atoms with Crippen LogP contribution in [0.3, 0.4) is 0 Å². The van der Waals surface area contributed by atoms with Gasteiger partial charge in [-0.1, -0.05) is 0 Å². The highest BCUT2D eigenvalue weighted by molar-refractivity contribution is 5.93. The fourth-order valence-corrected chi connectivity index (χ4v) is 3.09. The second kappa shape index (κ2) is 7.28. The summed E-state index contributed by atoms with van der Waals surface area (Å²) in [4.78, 5) is 24.7. The summed E-state index contributed by atoms with van der Waals surface area (Å²) in [6.45, 7) is 1.40. The maximum Gasteiger partial charge on any atom is 0.254 e. The van der Waals surface area contributed by atoms with E-state index >= 15 is 0 Å². The van der Waals surface area contributed by atoms with E-state index in [4.69, 9.17) is 0 Å². The van der Waals surface area contributed by atoms with Crippen LogP contribution in [0.1, 0.15) is 23.2 Å². The molecule has 1 saturated heterocycles. The lowest BCUT2D eigenvalue weighted by Crippen LogP contribution is -2.54. The third-order valence-electron chi connectivity index (χ3n) is 4.52. The molecule has 9 heteroatoms. The minimum atomic E-state index is -1.00. The number of carbonyl (C=O) groups is 1. The van der Waals surface area contributed by atoms with Gasteiger partial charge in [-0.3, -0.25) is 9.48 Å². The van der Waals surface area contributed by atoms with Gasteiger partial charge in [-0.05, 0) is 12.8 Å². The molecule has 1 amide bonds. The summed E-state index contributed by atoms with van der Waals surface area (Å²) in [5.74, 6) is 1.36. The molecule has 1 fully saturated rings. The lowest BCUT2D eigenvalue weighted by Gasteiger charge is -2.40. The number of aliphatic hydroxyl groups is 1. The Morgan fingerprint density at radius 2 is 2.23 bits per heavy atom. The highest BCUT2D eigenvalue weighted by atomic mass is 16.3. The Labute approximate surface area is 152 Å². The molecule has 2 aromatic rings. The zero-order valence-corrected chi connectivity index (χ0v) is 15.4. The lowest BCUT2D eigenvalue weighted by molar-refractivity contribution is 0.0254. The maximum atomic E-state index is 12.2. The van der Waals surface area contributed by atoms with Gasteiger partial charge in [0.05, 0.1) is 17.4 Å². The largest absolute Gasteiger partial charge is 0.386 e. The van der Waals surface area contributed by atoms with Crippen LogP contribution in [0.2, 0.25) is 0 Å². The van der Waals surface area contributed by atoms with E-state index in [1.165, 1.54) is 12.5 Å². The van der Waals surface area contributed by atoms with Crippen molar-refractivity contribution in [2.75, 3.05) is 43.5 Å². The quantitative estimate of drug-likeness (QED) is 0.777. The van der Waals surface area contributed by atoms with Crippen molar-refractivity contribution in [3.8, 4) is 0 Å². The number of rotatable bonds is 5. The average Bonchev–Trinajstić information content (AvgIpc) is 3.06. The van der Waals surface area contributed by atoms with Crippen LogP contribution in [0.15, 0.2) is 24.8 Å². The summed E-state index contributed by atoms with van der Waals surface area (Å²) in [6, 6.07) is 1.90. The molecule has 9 nitrogen and oxygen atoms in total. The van der Waals surface area contributed by atoms with Crippen molar-refractivity contribution >= 4 is 17.5 Å². The van der Waals surface area contributed by atoms with Gasteiger partial charge in [-0.15, -0.1) is 0 Å². The maximum absolute atomic E-state index is 12.2. The van der Waals surface area contributed by atoms with Crippen molar-refractivity contribution in [1.29, 1.82) is 0 Å². The molecule has 0 aliphatic carbocycles. The first-order chi connectivity index (χ1) is 12.4. The summed E-state index contributed by atoms with van der Waals surface area (Å²) in [5.41, 5.74) is -0.519. The molecular formula is C17H25N7O2. The van der Waals surface area contributed by atoms with Crippen LogP contribution in [0.4, 0.5) is 11.6 Å². The second-order valence-corrected chi connectivity index (χ2v) is 6.96. The average molecular weight is 359 g/mol. The molecule has 0 spiro atoms. The predicted octanol–water partition coefficient (Wildman–Crippen LogP) is 0.0374. The molecule has 26 heavy (non-hydrogen) atoms. The molecule has 0 bridgehead atoms. The number of hydrogen-bond acceptors (Lipinski definition) is 7. The molecule has 1 atom stereocenters. The Morgan fingerprint density at radius 1 is 1.42 bits per heavy atom. The first-order valence-corrected chi connectivity index (χ1v) is 8.60. The molecule has 140 valence electrons. The van der Waals surface area contributed by atoms with Gasteiger partial charge in [0.1, 0.15) is 18.0 Å². The fourth-order valence-electron chi connectivity index (χ4n) is 3.09. The number of β-amino-alcohol motifs (C(OH)–C–C–N with tert-alkyl or cyclic N) is 1. The molecule has 0 saturated carbocycles. The Balaban J connectivity index is 1.65. The van der Waals surface area contributed by atoms with E-state index in [-0.39, 0.29) is 12.5 Å². The van der Waals surface area contributed by atoms with Gasteiger partial charge >= 0.3 is 0 Å². The van der Waals surface area contributed by atoms with Crippen molar-refractivity contribution in [3.05, 3.63) is 30.4 Å². The van der Waals surface area contributed by atoms with E-state index in [9.17, 15) is 9.90 Å². The molecular weight excluding hydrogens is 334 g/mol. The number of piperidine rings is 1. The van der Waals surface area contributed by atoms with E-state index in [2.05, 4.69) is 20.4 Å². The molecule has 1 aliphatic rings. The third kappa shape index (κ3) is 4.10. The summed E-state index contributed by atoms with van der Waals surface area (Å²) in [7, 11) is 5.60. The SMILES string of the molecule is CN(C)c1cc(N2CCCC(O)(CNC(=O)c3cnn(C)c3)C2)ncn1. The van der Waals surface area contributed by atoms with Crippen LogP contribution in [0.5, 0.6) is 0 Å². The van der Waals surface area contributed by atoms with Gasteiger partial charge in [0.25, 0.3) is 5.91 Å². The van der Waals surface area contributed by atoms with Gasteiger partial charge in [0, 0.05) is 53.0 Å². The van der Waals surface area contributed by atoms with Gasteiger partial charge in [0.15, 0.2) is 0 Å². The van der Waals surface area contributed by atoms with Gasteiger partial charge in [-0.2, -0.15) is 5.10 Å². The predicted molar refractivity (Wildman–Crippen MR) is 98.3 cm³/mol. The number of nitrogens with one attached hydrogen (secondary N) is 1. The standard InChI is InChI=1S/C17H25N7O2/c1-22(2)14-7-15(20-12-19-14)24-6-4-5-17(26,11-24)10-18-16(25)13-8-21-23(3)9-13/h7-9,12,26H,4-6,10-11H2,1-3H3,(H,18,25). The van der Waals surface area contributed by atoms with Gasteiger partial charge < -0.3 is 20.2 Å². The van der Waals surface area contributed by atoms with Crippen LogP contribution < -0.4 is 15.1 Å². The van der Waals surface area contributed by atoms with E-state index in [0.29, 0.717) is 18.5 Å². The van der Waals surface area contributed by atoms with Crippen LogP contribution in [-0.2, 0) is 7.05 Å². The topological polar surface area (TPSA) is 99.4 Å². The van der Waals surface area contributed by atoms with Crippen molar-refractivity contribution in [1.82, 2.24) is 25.1 Å².